The van der Waals surface area contributed by atoms with Crippen molar-refractivity contribution in [1.29, 1.82) is 0 Å². The van der Waals surface area contributed by atoms with Crippen LogP contribution in [0.5, 0.6) is 0 Å². The Morgan fingerprint density at radius 3 is 2.81 bits per heavy atom. The van der Waals surface area contributed by atoms with E-state index in [0.29, 0.717) is 0 Å². The van der Waals surface area contributed by atoms with Gasteiger partial charge < -0.3 is 5.73 Å². The Morgan fingerprint density at radius 2 is 2.12 bits per heavy atom. The average molecular weight is 236 g/mol. The zero-order valence-corrected chi connectivity index (χ0v) is 10.7. The van der Waals surface area contributed by atoms with Gasteiger partial charge in [-0.1, -0.05) is 19.1 Å². The lowest BCUT2D eigenvalue weighted by atomic mass is 10.2. The molecule has 1 aromatic rings. The molecule has 0 amide bonds. The summed E-state index contributed by atoms with van der Waals surface area (Å²) >= 11 is 2.12. The second-order valence-electron chi connectivity index (χ2n) is 4.38. The zero-order valence-electron chi connectivity index (χ0n) is 9.86. The highest BCUT2D eigenvalue weighted by Crippen LogP contribution is 2.22. The first-order valence-corrected chi connectivity index (χ1v) is 7.01. The molecule has 1 saturated heterocycles. The SMILES string of the molecule is CCC1CN(Cc2ccc(N)cc2)CCS1. The van der Waals surface area contributed by atoms with E-state index in [1.165, 1.54) is 30.8 Å². The van der Waals surface area contributed by atoms with Crippen LogP contribution in [0.3, 0.4) is 0 Å². The number of hydrogen-bond donors (Lipinski definition) is 1. The van der Waals surface area contributed by atoms with Crippen LogP contribution in [0.2, 0.25) is 0 Å². The van der Waals surface area contributed by atoms with Crippen LogP contribution in [0.25, 0.3) is 0 Å². The quantitative estimate of drug-likeness (QED) is 0.818. The molecule has 0 aromatic heterocycles. The first-order chi connectivity index (χ1) is 7.78. The molecule has 3 heteroatoms. The van der Waals surface area contributed by atoms with E-state index in [0.717, 1.165) is 17.5 Å². The number of nitrogens with zero attached hydrogens (tertiary/aromatic N) is 1. The molecule has 2 nitrogen and oxygen atoms in total. The van der Waals surface area contributed by atoms with Gasteiger partial charge in [0.2, 0.25) is 0 Å². The van der Waals surface area contributed by atoms with E-state index in [4.69, 9.17) is 5.73 Å². The van der Waals surface area contributed by atoms with Gasteiger partial charge in [0.15, 0.2) is 0 Å². The van der Waals surface area contributed by atoms with Crippen molar-refractivity contribution in [2.45, 2.75) is 25.1 Å². The Kier molecular flexibility index (Phi) is 4.13. The van der Waals surface area contributed by atoms with Gasteiger partial charge in [0.25, 0.3) is 0 Å². The molecule has 0 aliphatic carbocycles. The van der Waals surface area contributed by atoms with Crippen molar-refractivity contribution in [3.8, 4) is 0 Å². The highest BCUT2D eigenvalue weighted by Gasteiger charge is 2.18. The van der Waals surface area contributed by atoms with Crippen LogP contribution in [0.1, 0.15) is 18.9 Å². The van der Waals surface area contributed by atoms with E-state index in [-0.39, 0.29) is 0 Å². The maximum absolute atomic E-state index is 5.69. The summed E-state index contributed by atoms with van der Waals surface area (Å²) < 4.78 is 0. The summed E-state index contributed by atoms with van der Waals surface area (Å²) in [4.78, 5) is 2.55. The molecule has 0 saturated carbocycles. The standard InChI is InChI=1S/C13H20N2S/c1-2-13-10-15(7-8-16-13)9-11-3-5-12(14)6-4-11/h3-6,13H,2,7-10,14H2,1H3. The highest BCUT2D eigenvalue weighted by molar-refractivity contribution is 8.00. The van der Waals surface area contributed by atoms with Crippen molar-refractivity contribution in [3.05, 3.63) is 29.8 Å². The first kappa shape index (κ1) is 11.8. The van der Waals surface area contributed by atoms with Crippen molar-refractivity contribution in [2.24, 2.45) is 0 Å². The van der Waals surface area contributed by atoms with Crippen molar-refractivity contribution in [3.63, 3.8) is 0 Å². The van der Waals surface area contributed by atoms with Crippen LogP contribution < -0.4 is 5.73 Å². The molecule has 2 N–H and O–H groups in total. The van der Waals surface area contributed by atoms with Gasteiger partial charge >= 0.3 is 0 Å². The van der Waals surface area contributed by atoms with Crippen molar-refractivity contribution >= 4 is 17.4 Å². The number of benzene rings is 1. The molecule has 0 radical (unpaired) electrons. The fourth-order valence-corrected chi connectivity index (χ4v) is 3.30. The second kappa shape index (κ2) is 5.60. The Hall–Kier alpha value is -0.670. The predicted molar refractivity (Wildman–Crippen MR) is 72.7 cm³/mol. The Bertz CT molecular complexity index is 323. The minimum Gasteiger partial charge on any atom is -0.399 e. The predicted octanol–water partition coefficient (Wildman–Crippen LogP) is 2.60. The molecule has 0 spiro atoms. The second-order valence-corrected chi connectivity index (χ2v) is 5.79. The molecule has 1 atom stereocenters. The summed E-state index contributed by atoms with van der Waals surface area (Å²) in [5, 5.41) is 0.822. The van der Waals surface area contributed by atoms with Gasteiger partial charge in [-0.2, -0.15) is 11.8 Å². The summed E-state index contributed by atoms with van der Waals surface area (Å²) in [6.07, 6.45) is 1.28. The zero-order chi connectivity index (χ0) is 11.4. The lowest BCUT2D eigenvalue weighted by Gasteiger charge is -2.31. The third-order valence-corrected chi connectivity index (χ3v) is 4.44. The van der Waals surface area contributed by atoms with Gasteiger partial charge in [0.05, 0.1) is 0 Å². The summed E-state index contributed by atoms with van der Waals surface area (Å²) in [5.41, 5.74) is 7.91. The van der Waals surface area contributed by atoms with E-state index in [2.05, 4.69) is 35.7 Å². The van der Waals surface area contributed by atoms with Gasteiger partial charge in [0.1, 0.15) is 0 Å². The van der Waals surface area contributed by atoms with Gasteiger partial charge in [-0.3, -0.25) is 4.90 Å². The summed E-state index contributed by atoms with van der Waals surface area (Å²) in [6.45, 7) is 5.79. The molecule has 2 rings (SSSR count). The number of rotatable bonds is 3. The van der Waals surface area contributed by atoms with Gasteiger partial charge in [-0.05, 0) is 24.1 Å². The first-order valence-electron chi connectivity index (χ1n) is 5.96. The van der Waals surface area contributed by atoms with Crippen molar-refractivity contribution < 1.29 is 0 Å². The summed E-state index contributed by atoms with van der Waals surface area (Å²) in [7, 11) is 0. The molecule has 1 heterocycles. The lowest BCUT2D eigenvalue weighted by molar-refractivity contribution is 0.273. The maximum atomic E-state index is 5.69. The number of hydrogen-bond acceptors (Lipinski definition) is 3. The largest absolute Gasteiger partial charge is 0.399 e. The Balaban J connectivity index is 1.91. The molecule has 0 bridgehead atoms. The smallest absolute Gasteiger partial charge is 0.0314 e. The summed E-state index contributed by atoms with van der Waals surface area (Å²) in [6, 6.07) is 8.26. The minimum absolute atomic E-state index is 0.822. The number of nitrogens with two attached hydrogens (primary N) is 1. The van der Waals surface area contributed by atoms with E-state index >= 15 is 0 Å². The van der Waals surface area contributed by atoms with E-state index in [1.54, 1.807) is 0 Å². The van der Waals surface area contributed by atoms with Crippen LogP contribution in [0.4, 0.5) is 5.69 Å². The molecule has 1 aliphatic heterocycles. The molecular weight excluding hydrogens is 216 g/mol. The molecule has 1 unspecified atom stereocenters. The minimum atomic E-state index is 0.822. The van der Waals surface area contributed by atoms with E-state index in [9.17, 15) is 0 Å². The fourth-order valence-electron chi connectivity index (χ4n) is 2.05. The normalized spacial score (nSPS) is 22.2. The van der Waals surface area contributed by atoms with Crippen LogP contribution in [0, 0.1) is 0 Å². The van der Waals surface area contributed by atoms with Crippen LogP contribution in [0.15, 0.2) is 24.3 Å². The number of nitrogen functional groups attached to an aromatic ring is 1. The van der Waals surface area contributed by atoms with E-state index < -0.39 is 0 Å². The van der Waals surface area contributed by atoms with Crippen LogP contribution in [-0.4, -0.2) is 29.0 Å². The third kappa shape index (κ3) is 3.16. The van der Waals surface area contributed by atoms with Crippen molar-refractivity contribution in [1.82, 2.24) is 4.90 Å². The Labute approximate surface area is 102 Å². The van der Waals surface area contributed by atoms with Crippen molar-refractivity contribution in [2.75, 3.05) is 24.6 Å². The molecule has 88 valence electrons. The number of anilines is 1. The van der Waals surface area contributed by atoms with Gasteiger partial charge in [-0.15, -0.1) is 0 Å². The van der Waals surface area contributed by atoms with Gasteiger partial charge in [-0.25, -0.2) is 0 Å². The molecule has 1 fully saturated rings. The van der Waals surface area contributed by atoms with Gasteiger partial charge in [0, 0.05) is 36.3 Å². The molecule has 1 aliphatic rings. The molecule has 16 heavy (non-hydrogen) atoms. The van der Waals surface area contributed by atoms with Crippen LogP contribution >= 0.6 is 11.8 Å². The third-order valence-electron chi connectivity index (χ3n) is 3.06. The topological polar surface area (TPSA) is 29.3 Å². The fraction of sp³-hybridized carbons (Fsp3) is 0.538. The number of thioether (sulfide) groups is 1. The summed E-state index contributed by atoms with van der Waals surface area (Å²) in [5.74, 6) is 1.27. The molecule has 1 aromatic carbocycles. The monoisotopic (exact) mass is 236 g/mol. The lowest BCUT2D eigenvalue weighted by Crippen LogP contribution is -2.36. The highest BCUT2D eigenvalue weighted by atomic mass is 32.2. The van der Waals surface area contributed by atoms with E-state index in [1.807, 2.05) is 12.1 Å². The molecular formula is C13H20N2S. The maximum Gasteiger partial charge on any atom is 0.0314 e. The Morgan fingerprint density at radius 1 is 1.38 bits per heavy atom. The average Bonchev–Trinajstić information content (AvgIpc) is 2.32. The van der Waals surface area contributed by atoms with Crippen LogP contribution in [-0.2, 0) is 6.54 Å².